The van der Waals surface area contributed by atoms with Crippen molar-refractivity contribution in [2.45, 2.75) is 44.6 Å². The molecule has 1 atom stereocenters. The third-order valence-corrected chi connectivity index (χ3v) is 4.45. The summed E-state index contributed by atoms with van der Waals surface area (Å²) in [5.74, 6) is 1.80. The maximum absolute atomic E-state index is 6.32. The summed E-state index contributed by atoms with van der Waals surface area (Å²) >= 11 is 3.50. The van der Waals surface area contributed by atoms with Crippen LogP contribution in [0.1, 0.15) is 50.1 Å². The van der Waals surface area contributed by atoms with E-state index in [0.717, 1.165) is 28.1 Å². The van der Waals surface area contributed by atoms with Gasteiger partial charge in [-0.25, -0.2) is 0 Å². The summed E-state index contributed by atoms with van der Waals surface area (Å²) < 4.78 is 6.46. The number of hydrogen-bond acceptors (Lipinski definition) is 2. The third-order valence-electron chi connectivity index (χ3n) is 3.95. The standard InChI is InChI=1S/C15H22BrNO/c1-18-15-9-7-12(16)10-13(15)14(17)8-6-11-4-2-3-5-11/h7,9-11,14H,2-6,8,17H2,1H3. The quantitative estimate of drug-likeness (QED) is 0.873. The molecule has 0 aliphatic heterocycles. The molecule has 1 fully saturated rings. The smallest absolute Gasteiger partial charge is 0.123 e. The maximum Gasteiger partial charge on any atom is 0.123 e. The predicted molar refractivity (Wildman–Crippen MR) is 78.8 cm³/mol. The largest absolute Gasteiger partial charge is 0.496 e. The van der Waals surface area contributed by atoms with Crippen molar-refractivity contribution in [3.8, 4) is 5.75 Å². The van der Waals surface area contributed by atoms with E-state index in [1.165, 1.54) is 32.1 Å². The maximum atomic E-state index is 6.32. The molecule has 2 rings (SSSR count). The topological polar surface area (TPSA) is 35.2 Å². The van der Waals surface area contributed by atoms with E-state index in [2.05, 4.69) is 22.0 Å². The molecular weight excluding hydrogens is 290 g/mol. The number of benzene rings is 1. The van der Waals surface area contributed by atoms with Crippen molar-refractivity contribution < 1.29 is 4.74 Å². The van der Waals surface area contributed by atoms with Crippen LogP contribution in [-0.2, 0) is 0 Å². The zero-order chi connectivity index (χ0) is 13.0. The summed E-state index contributed by atoms with van der Waals surface area (Å²) in [6, 6.07) is 6.14. The fraction of sp³-hybridized carbons (Fsp3) is 0.600. The minimum atomic E-state index is 0.0815. The van der Waals surface area contributed by atoms with Crippen LogP contribution in [0.15, 0.2) is 22.7 Å². The second-order valence-electron chi connectivity index (χ2n) is 5.22. The molecule has 0 amide bonds. The molecule has 2 N–H and O–H groups in total. The molecule has 1 saturated carbocycles. The lowest BCUT2D eigenvalue weighted by molar-refractivity contribution is 0.397. The van der Waals surface area contributed by atoms with Crippen LogP contribution < -0.4 is 10.5 Å². The van der Waals surface area contributed by atoms with Crippen LogP contribution in [-0.4, -0.2) is 7.11 Å². The Morgan fingerprint density at radius 1 is 1.39 bits per heavy atom. The fourth-order valence-electron chi connectivity index (χ4n) is 2.86. The second-order valence-corrected chi connectivity index (χ2v) is 6.14. The molecule has 0 saturated heterocycles. The molecule has 1 aromatic rings. The molecule has 0 radical (unpaired) electrons. The molecule has 0 bridgehead atoms. The molecule has 2 nitrogen and oxygen atoms in total. The fourth-order valence-corrected chi connectivity index (χ4v) is 3.24. The van der Waals surface area contributed by atoms with Crippen LogP contribution >= 0.6 is 15.9 Å². The first kappa shape index (κ1) is 13.9. The van der Waals surface area contributed by atoms with Crippen LogP contribution in [0.3, 0.4) is 0 Å². The van der Waals surface area contributed by atoms with Gasteiger partial charge in [0.15, 0.2) is 0 Å². The van der Waals surface area contributed by atoms with E-state index < -0.39 is 0 Å². The Hall–Kier alpha value is -0.540. The Bertz CT molecular complexity index is 388. The molecule has 0 heterocycles. The minimum absolute atomic E-state index is 0.0815. The van der Waals surface area contributed by atoms with Crippen LogP contribution in [0.2, 0.25) is 0 Å². The van der Waals surface area contributed by atoms with Crippen LogP contribution in [0.25, 0.3) is 0 Å². The number of hydrogen-bond donors (Lipinski definition) is 1. The van der Waals surface area contributed by atoms with Crippen LogP contribution in [0.5, 0.6) is 5.75 Å². The van der Waals surface area contributed by atoms with E-state index in [1.807, 2.05) is 12.1 Å². The highest BCUT2D eigenvalue weighted by atomic mass is 79.9. The van der Waals surface area contributed by atoms with E-state index in [1.54, 1.807) is 7.11 Å². The van der Waals surface area contributed by atoms with Crippen molar-refractivity contribution in [1.82, 2.24) is 0 Å². The molecule has 1 aromatic carbocycles. The molecule has 1 aliphatic rings. The monoisotopic (exact) mass is 311 g/mol. The van der Waals surface area contributed by atoms with E-state index in [4.69, 9.17) is 10.5 Å². The van der Waals surface area contributed by atoms with Gasteiger partial charge in [0.05, 0.1) is 7.11 Å². The minimum Gasteiger partial charge on any atom is -0.496 e. The first-order valence-corrected chi connectivity index (χ1v) is 7.59. The molecule has 0 aromatic heterocycles. The average Bonchev–Trinajstić information content (AvgIpc) is 2.89. The van der Waals surface area contributed by atoms with Crippen molar-refractivity contribution in [2.75, 3.05) is 7.11 Å². The SMILES string of the molecule is COc1ccc(Br)cc1C(N)CCC1CCCC1. The van der Waals surface area contributed by atoms with Crippen molar-refractivity contribution in [2.24, 2.45) is 11.7 Å². The molecule has 1 aliphatic carbocycles. The van der Waals surface area contributed by atoms with E-state index in [0.29, 0.717) is 0 Å². The van der Waals surface area contributed by atoms with Gasteiger partial charge in [-0.1, -0.05) is 41.6 Å². The number of halogens is 1. The van der Waals surface area contributed by atoms with Gasteiger partial charge in [-0.05, 0) is 37.0 Å². The Morgan fingerprint density at radius 2 is 2.11 bits per heavy atom. The van der Waals surface area contributed by atoms with Gasteiger partial charge in [0, 0.05) is 16.1 Å². The van der Waals surface area contributed by atoms with Gasteiger partial charge in [-0.3, -0.25) is 0 Å². The summed E-state index contributed by atoms with van der Waals surface area (Å²) in [7, 11) is 1.70. The number of nitrogens with two attached hydrogens (primary N) is 1. The summed E-state index contributed by atoms with van der Waals surface area (Å²) in [6.07, 6.45) is 7.89. The predicted octanol–water partition coefficient (Wildman–Crippen LogP) is 4.43. The summed E-state index contributed by atoms with van der Waals surface area (Å²) in [4.78, 5) is 0. The molecular formula is C15H22BrNO. The van der Waals surface area contributed by atoms with Crippen molar-refractivity contribution in [1.29, 1.82) is 0 Å². The van der Waals surface area contributed by atoms with Gasteiger partial charge < -0.3 is 10.5 Å². The van der Waals surface area contributed by atoms with Gasteiger partial charge in [-0.2, -0.15) is 0 Å². The van der Waals surface area contributed by atoms with E-state index in [-0.39, 0.29) is 6.04 Å². The van der Waals surface area contributed by atoms with Crippen molar-refractivity contribution in [3.05, 3.63) is 28.2 Å². The number of methoxy groups -OCH3 is 1. The van der Waals surface area contributed by atoms with E-state index in [9.17, 15) is 0 Å². The van der Waals surface area contributed by atoms with Crippen LogP contribution in [0.4, 0.5) is 0 Å². The van der Waals surface area contributed by atoms with Gasteiger partial charge in [0.25, 0.3) is 0 Å². The lowest BCUT2D eigenvalue weighted by Crippen LogP contribution is -2.13. The van der Waals surface area contributed by atoms with Crippen molar-refractivity contribution in [3.63, 3.8) is 0 Å². The Kier molecular flexibility index (Phi) is 5.07. The first-order valence-electron chi connectivity index (χ1n) is 6.79. The number of rotatable bonds is 5. The van der Waals surface area contributed by atoms with Gasteiger partial charge in [0.1, 0.15) is 5.75 Å². The Morgan fingerprint density at radius 3 is 2.78 bits per heavy atom. The summed E-state index contributed by atoms with van der Waals surface area (Å²) in [5, 5.41) is 0. The highest BCUT2D eigenvalue weighted by Gasteiger charge is 2.18. The molecule has 0 spiro atoms. The summed E-state index contributed by atoms with van der Waals surface area (Å²) in [6.45, 7) is 0. The van der Waals surface area contributed by atoms with Crippen molar-refractivity contribution >= 4 is 15.9 Å². The Balaban J connectivity index is 1.98. The number of ether oxygens (including phenoxy) is 1. The molecule has 3 heteroatoms. The molecule has 18 heavy (non-hydrogen) atoms. The summed E-state index contributed by atoms with van der Waals surface area (Å²) in [5.41, 5.74) is 7.43. The average molecular weight is 312 g/mol. The van der Waals surface area contributed by atoms with Gasteiger partial charge in [0.2, 0.25) is 0 Å². The normalized spacial score (nSPS) is 17.9. The highest BCUT2D eigenvalue weighted by molar-refractivity contribution is 9.10. The van der Waals surface area contributed by atoms with Crippen LogP contribution in [0, 0.1) is 5.92 Å². The molecule has 100 valence electrons. The van der Waals surface area contributed by atoms with Gasteiger partial charge in [-0.15, -0.1) is 0 Å². The lowest BCUT2D eigenvalue weighted by Gasteiger charge is -2.18. The Labute approximate surface area is 118 Å². The zero-order valence-electron chi connectivity index (χ0n) is 11.0. The lowest BCUT2D eigenvalue weighted by atomic mass is 9.95. The highest BCUT2D eigenvalue weighted by Crippen LogP contribution is 2.34. The first-order chi connectivity index (χ1) is 8.70. The molecule has 1 unspecified atom stereocenters. The van der Waals surface area contributed by atoms with Gasteiger partial charge >= 0.3 is 0 Å². The zero-order valence-corrected chi connectivity index (χ0v) is 12.6. The van der Waals surface area contributed by atoms with E-state index >= 15 is 0 Å². The second kappa shape index (κ2) is 6.58. The third kappa shape index (κ3) is 3.48.